The third-order valence-electron chi connectivity index (χ3n) is 3.98. The van der Waals surface area contributed by atoms with Gasteiger partial charge in [-0.15, -0.1) is 0 Å². The molecule has 0 heterocycles. The van der Waals surface area contributed by atoms with Crippen LogP contribution in [0.3, 0.4) is 0 Å². The molecular weight excluding hydrogens is 420 g/mol. The molecule has 1 rings (SSSR count). The summed E-state index contributed by atoms with van der Waals surface area (Å²) in [6.45, 7) is 8.73. The van der Waals surface area contributed by atoms with E-state index in [1.807, 2.05) is 25.1 Å². The van der Waals surface area contributed by atoms with E-state index in [0.29, 0.717) is 24.3 Å². The molecule has 0 bridgehead atoms. The van der Waals surface area contributed by atoms with Crippen LogP contribution in [0.2, 0.25) is 0 Å². The van der Waals surface area contributed by atoms with Gasteiger partial charge in [-0.25, -0.2) is 4.79 Å². The largest absolute Gasteiger partial charge is 0.496 e. The molecule has 1 aromatic rings. The lowest BCUT2D eigenvalue weighted by Gasteiger charge is -2.25. The van der Waals surface area contributed by atoms with Gasteiger partial charge in [0.25, 0.3) is 10.1 Å². The van der Waals surface area contributed by atoms with Crippen molar-refractivity contribution >= 4 is 27.9 Å². The maximum atomic E-state index is 12.3. The van der Waals surface area contributed by atoms with Crippen molar-refractivity contribution in [2.75, 3.05) is 38.0 Å². The van der Waals surface area contributed by atoms with Gasteiger partial charge in [0.1, 0.15) is 23.0 Å². The number of ether oxygens (including phenoxy) is 2. The number of nitrogens with zero attached hydrogens (tertiary/aromatic N) is 2. The first-order chi connectivity index (χ1) is 14.4. The van der Waals surface area contributed by atoms with Crippen molar-refractivity contribution in [2.45, 2.75) is 46.1 Å². The van der Waals surface area contributed by atoms with Crippen LogP contribution in [0.1, 0.15) is 46.1 Å². The van der Waals surface area contributed by atoms with E-state index in [2.05, 4.69) is 4.90 Å². The topological polar surface area (TPSA) is 106 Å². The Morgan fingerprint density at radius 1 is 1.26 bits per heavy atom. The zero-order chi connectivity index (χ0) is 23.7. The minimum atomic E-state index is -3.46. The molecular formula is C22H32N2O6S. The Labute approximate surface area is 185 Å². The number of esters is 1. The number of methoxy groups -OCH3 is 1. The summed E-state index contributed by atoms with van der Waals surface area (Å²) >= 11 is 0. The second kappa shape index (κ2) is 11.7. The molecule has 31 heavy (non-hydrogen) atoms. The third-order valence-corrected chi connectivity index (χ3v) is 4.58. The van der Waals surface area contributed by atoms with Crippen molar-refractivity contribution in [3.63, 3.8) is 0 Å². The Hall–Kier alpha value is -2.57. The van der Waals surface area contributed by atoms with Crippen LogP contribution in [0.5, 0.6) is 5.75 Å². The highest BCUT2D eigenvalue weighted by atomic mass is 32.2. The van der Waals surface area contributed by atoms with Gasteiger partial charge in [0.05, 0.1) is 20.0 Å². The number of rotatable bonds is 11. The van der Waals surface area contributed by atoms with Crippen LogP contribution in [0.25, 0.3) is 6.08 Å². The highest BCUT2D eigenvalue weighted by Crippen LogP contribution is 2.28. The minimum absolute atomic E-state index is 0.110. The van der Waals surface area contributed by atoms with Crippen molar-refractivity contribution in [1.82, 2.24) is 0 Å². The summed E-state index contributed by atoms with van der Waals surface area (Å²) < 4.78 is 37.8. The van der Waals surface area contributed by atoms with Crippen molar-refractivity contribution < 1.29 is 26.9 Å². The van der Waals surface area contributed by atoms with Gasteiger partial charge in [-0.1, -0.05) is 6.92 Å². The number of nitriles is 1. The Morgan fingerprint density at radius 2 is 1.94 bits per heavy atom. The fraction of sp³-hybridized carbons (Fsp3) is 0.545. The molecule has 0 aliphatic rings. The van der Waals surface area contributed by atoms with Crippen LogP contribution in [-0.4, -0.2) is 53.1 Å². The highest BCUT2D eigenvalue weighted by molar-refractivity contribution is 7.85. The van der Waals surface area contributed by atoms with Crippen molar-refractivity contribution in [3.05, 3.63) is 29.3 Å². The molecule has 0 spiro atoms. The van der Waals surface area contributed by atoms with E-state index in [9.17, 15) is 18.5 Å². The average molecular weight is 453 g/mol. The summed E-state index contributed by atoms with van der Waals surface area (Å²) in [5.74, 6) is -0.193. The Balaban J connectivity index is 3.08. The lowest BCUT2D eigenvalue weighted by Crippen LogP contribution is -2.26. The molecule has 1 aromatic carbocycles. The van der Waals surface area contributed by atoms with E-state index < -0.39 is 21.7 Å². The number of anilines is 1. The molecule has 9 heteroatoms. The van der Waals surface area contributed by atoms with Crippen LogP contribution in [0, 0.1) is 11.3 Å². The summed E-state index contributed by atoms with van der Waals surface area (Å²) in [6.07, 6.45) is 3.91. The summed E-state index contributed by atoms with van der Waals surface area (Å²) in [6, 6.07) is 7.34. The first kappa shape index (κ1) is 26.5. The molecule has 0 N–H and O–H groups in total. The molecule has 8 nitrogen and oxygen atoms in total. The lowest BCUT2D eigenvalue weighted by molar-refractivity contribution is -0.149. The van der Waals surface area contributed by atoms with Gasteiger partial charge >= 0.3 is 5.97 Å². The predicted octanol–water partition coefficient (Wildman–Crippen LogP) is 3.53. The van der Waals surface area contributed by atoms with E-state index in [0.717, 1.165) is 24.9 Å². The zero-order valence-corrected chi connectivity index (χ0v) is 19.9. The third kappa shape index (κ3) is 9.85. The molecule has 0 unspecified atom stereocenters. The smallest absolute Gasteiger partial charge is 0.349 e. The Bertz CT molecular complexity index is 926. The molecule has 0 atom stereocenters. The summed E-state index contributed by atoms with van der Waals surface area (Å²) in [5.41, 5.74) is 0.628. The predicted molar refractivity (Wildman–Crippen MR) is 120 cm³/mol. The Morgan fingerprint density at radius 3 is 2.45 bits per heavy atom. The van der Waals surface area contributed by atoms with Gasteiger partial charge in [-0.05, 0) is 51.8 Å². The molecule has 0 fully saturated rings. The molecule has 172 valence electrons. The normalized spacial score (nSPS) is 12.2. The van der Waals surface area contributed by atoms with Crippen LogP contribution in [0.15, 0.2) is 23.8 Å². The second-order valence-electron chi connectivity index (χ2n) is 7.96. The highest BCUT2D eigenvalue weighted by Gasteiger charge is 2.20. The molecule has 0 saturated heterocycles. The van der Waals surface area contributed by atoms with E-state index in [1.165, 1.54) is 13.2 Å². The van der Waals surface area contributed by atoms with E-state index in [4.69, 9.17) is 13.7 Å². The molecule has 0 aliphatic heterocycles. The van der Waals surface area contributed by atoms with E-state index in [1.54, 1.807) is 26.8 Å². The van der Waals surface area contributed by atoms with Crippen LogP contribution >= 0.6 is 0 Å². The van der Waals surface area contributed by atoms with Crippen molar-refractivity contribution in [3.8, 4) is 11.8 Å². The van der Waals surface area contributed by atoms with Crippen molar-refractivity contribution in [1.29, 1.82) is 5.26 Å². The van der Waals surface area contributed by atoms with Gasteiger partial charge in [0.15, 0.2) is 0 Å². The maximum absolute atomic E-state index is 12.3. The average Bonchev–Trinajstić information content (AvgIpc) is 2.66. The van der Waals surface area contributed by atoms with Crippen LogP contribution < -0.4 is 9.64 Å². The monoisotopic (exact) mass is 452 g/mol. The minimum Gasteiger partial charge on any atom is -0.496 e. The van der Waals surface area contributed by atoms with Gasteiger partial charge < -0.3 is 14.4 Å². The summed E-state index contributed by atoms with van der Waals surface area (Å²) in [5, 5.41) is 9.39. The molecule has 0 saturated carbocycles. The first-order valence-corrected chi connectivity index (χ1v) is 11.8. The van der Waals surface area contributed by atoms with Gasteiger partial charge in [-0.2, -0.15) is 13.7 Å². The van der Waals surface area contributed by atoms with Gasteiger partial charge in [0, 0.05) is 30.4 Å². The summed E-state index contributed by atoms with van der Waals surface area (Å²) in [4.78, 5) is 14.4. The fourth-order valence-corrected chi connectivity index (χ4v) is 3.17. The molecule has 0 aliphatic carbocycles. The number of carbonyl (C=O) groups excluding carboxylic acids is 1. The number of hydrogen-bond donors (Lipinski definition) is 0. The van der Waals surface area contributed by atoms with Crippen LogP contribution in [-0.2, 0) is 23.8 Å². The first-order valence-electron chi connectivity index (χ1n) is 10.0. The van der Waals surface area contributed by atoms with E-state index >= 15 is 0 Å². The summed E-state index contributed by atoms with van der Waals surface area (Å²) in [7, 11) is -1.94. The maximum Gasteiger partial charge on any atom is 0.349 e. The number of benzene rings is 1. The number of carbonyl (C=O) groups is 1. The van der Waals surface area contributed by atoms with E-state index in [-0.39, 0.29) is 12.2 Å². The standard InChI is InChI=1S/C22H32N2O6S/c1-7-11-24(12-8-13-29-31(6,26)27)19-10-9-17(20(15-19)28-5)14-18(16-23)21(25)30-22(2,3)4/h9-10,14-15H,7-8,11-13H2,1-6H3/b18-14+. The SMILES string of the molecule is CCCN(CCCOS(C)(=O)=O)c1ccc(/C=C(\C#N)C(=O)OC(C)(C)C)c(OC)c1. The quantitative estimate of drug-likeness (QED) is 0.165. The van der Waals surface area contributed by atoms with Gasteiger partial charge in [-0.3, -0.25) is 4.18 Å². The molecule has 0 radical (unpaired) electrons. The zero-order valence-electron chi connectivity index (χ0n) is 19.1. The van der Waals surface area contributed by atoms with Crippen LogP contribution in [0.4, 0.5) is 5.69 Å². The molecule has 0 amide bonds. The van der Waals surface area contributed by atoms with Gasteiger partial charge in [0.2, 0.25) is 0 Å². The second-order valence-corrected chi connectivity index (χ2v) is 9.61. The molecule has 0 aromatic heterocycles. The van der Waals surface area contributed by atoms with Crippen molar-refractivity contribution in [2.24, 2.45) is 0 Å². The lowest BCUT2D eigenvalue weighted by atomic mass is 10.1. The number of hydrogen-bond acceptors (Lipinski definition) is 8. The Kier molecular flexibility index (Phi) is 10.0. The fourth-order valence-electron chi connectivity index (χ4n) is 2.75.